The maximum atomic E-state index is 12.8. The van der Waals surface area contributed by atoms with Crippen molar-refractivity contribution in [2.75, 3.05) is 25.5 Å². The number of nitrogens with two attached hydrogens (primary N) is 1. The van der Waals surface area contributed by atoms with Gasteiger partial charge in [0, 0.05) is 12.2 Å². The van der Waals surface area contributed by atoms with Gasteiger partial charge in [-0.25, -0.2) is 14.1 Å². The van der Waals surface area contributed by atoms with E-state index in [1.807, 2.05) is 5.32 Å². The van der Waals surface area contributed by atoms with Crippen molar-refractivity contribution in [2.24, 2.45) is 0 Å². The van der Waals surface area contributed by atoms with Crippen LogP contribution in [0, 0.1) is 0 Å². The number of nitrogen functional groups attached to an aromatic ring is 1. The van der Waals surface area contributed by atoms with Crippen LogP contribution in [0.3, 0.4) is 0 Å². The van der Waals surface area contributed by atoms with Crippen molar-refractivity contribution >= 4 is 50.5 Å². The first-order valence-corrected chi connectivity index (χ1v) is 16.8. The molecule has 11 atom stereocenters. The number of anilines is 1. The number of amides is 3. The molecule has 0 radical (unpaired) electrons. The quantitative estimate of drug-likeness (QED) is 0.0716. The minimum absolute atomic E-state index is 0.149. The monoisotopic (exact) mass is 741 g/mol. The highest BCUT2D eigenvalue weighted by atomic mass is 31.3. The van der Waals surface area contributed by atoms with E-state index in [-0.39, 0.29) is 17.1 Å². The van der Waals surface area contributed by atoms with Gasteiger partial charge < -0.3 is 55.8 Å². The van der Waals surface area contributed by atoms with Crippen LogP contribution in [-0.2, 0) is 46.3 Å². The Bertz CT molecular complexity index is 1780. The normalized spacial score (nSPS) is 32.8. The van der Waals surface area contributed by atoms with Crippen molar-refractivity contribution in [1.82, 2.24) is 29.7 Å². The average molecular weight is 741 g/mol. The largest absolute Gasteiger partial charge is 0.483 e. The third kappa shape index (κ3) is 7.79. The van der Waals surface area contributed by atoms with E-state index in [0.29, 0.717) is 4.90 Å². The number of imidazole rings is 1. The molecule has 5 heterocycles. The summed E-state index contributed by atoms with van der Waals surface area (Å²) in [6, 6.07) is -1.96. The molecule has 2 saturated heterocycles. The second-order valence-corrected chi connectivity index (χ2v) is 13.6. The number of fused-ring (bicyclic) bond motifs is 1. The van der Waals surface area contributed by atoms with Gasteiger partial charge in [0.1, 0.15) is 49.2 Å². The molecule has 49 heavy (non-hydrogen) atoms. The first-order valence-electron chi connectivity index (χ1n) is 13.8. The average Bonchev–Trinajstić information content (AvgIpc) is 3.66. The molecule has 5 rings (SSSR count). The van der Waals surface area contributed by atoms with Crippen LogP contribution in [0.1, 0.15) is 6.23 Å². The number of ether oxygens (including phenoxy) is 2. The number of nitrogens with one attached hydrogen (secondary N) is 2. The van der Waals surface area contributed by atoms with Crippen molar-refractivity contribution in [3.8, 4) is 0 Å². The highest BCUT2D eigenvalue weighted by Crippen LogP contribution is 2.61. The van der Waals surface area contributed by atoms with Gasteiger partial charge in [-0.3, -0.25) is 42.7 Å². The molecule has 27 heteroatoms. The molecule has 2 fully saturated rings. The molecule has 3 aliphatic rings. The Morgan fingerprint density at radius 3 is 2.31 bits per heavy atom. The topological polar surface area (TPSA) is 378 Å². The highest BCUT2D eigenvalue weighted by molar-refractivity contribution is 7.61. The number of aliphatic hydroxyl groups is 5. The lowest BCUT2D eigenvalue weighted by Crippen LogP contribution is -2.65. The van der Waals surface area contributed by atoms with Crippen molar-refractivity contribution < 1.29 is 81.7 Å². The van der Waals surface area contributed by atoms with Gasteiger partial charge in [-0.1, -0.05) is 0 Å². The molecule has 0 saturated carbocycles. The van der Waals surface area contributed by atoms with Gasteiger partial charge in [0.15, 0.2) is 23.7 Å². The van der Waals surface area contributed by atoms with Crippen LogP contribution in [0.25, 0.3) is 11.2 Å². The third-order valence-corrected chi connectivity index (χ3v) is 9.92. The van der Waals surface area contributed by atoms with Gasteiger partial charge in [0.05, 0.1) is 19.5 Å². The first kappa shape index (κ1) is 36.8. The van der Waals surface area contributed by atoms with Crippen LogP contribution >= 0.6 is 15.6 Å². The predicted octanol–water partition coefficient (Wildman–Crippen LogP) is -5.58. The number of carbonyl (C=O) groups excluding carboxylic acids is 3. The van der Waals surface area contributed by atoms with E-state index < -0.39 is 114 Å². The standard InChI is InChI=1S/C22H29N7O18P2/c23-22-26-18-13(19(38)27-22)24-6-29(18)20-17(37)15(35)8(44-20)5-43-48(39,40)47-49(41,42)46-21-12(16(36)14(34)7(4-30)45-21)25-9(31)3-28-10(32)1-2-11(28)33/h1-2,6-8,12,14-17,20-21,30,34-37H,3-5H2,(H,25,31)(H,39,40)(H,41,42)(H3,23,26,27,38). The number of imide groups is 1. The van der Waals surface area contributed by atoms with Gasteiger partial charge in [-0.2, -0.15) is 9.29 Å². The second-order valence-electron chi connectivity index (χ2n) is 10.6. The second kappa shape index (κ2) is 14.0. The summed E-state index contributed by atoms with van der Waals surface area (Å²) in [5.41, 5.74) is 4.48. The van der Waals surface area contributed by atoms with Gasteiger partial charge in [0.2, 0.25) is 11.9 Å². The SMILES string of the molecule is Nc1nc2c(ncn2C2OC(COP(=O)(O)OP(=O)(O)OC3OC(CO)C(O)C(O)C3NC(=O)CN3C(=O)C=CC3=O)C(O)C2O)c(=O)[nH]1. The molecule has 3 amide bonds. The van der Waals surface area contributed by atoms with Crippen molar-refractivity contribution in [1.29, 1.82) is 0 Å². The molecule has 0 aliphatic carbocycles. The fraction of sp³-hybridized carbons (Fsp3) is 0.545. The van der Waals surface area contributed by atoms with Crippen LogP contribution in [0.5, 0.6) is 0 Å². The Morgan fingerprint density at radius 2 is 1.65 bits per heavy atom. The van der Waals surface area contributed by atoms with Gasteiger partial charge >= 0.3 is 15.6 Å². The Labute approximate surface area is 271 Å². The molecular formula is C22H29N7O18P2. The lowest BCUT2D eigenvalue weighted by atomic mass is 9.97. The van der Waals surface area contributed by atoms with Gasteiger partial charge in [-0.05, 0) is 0 Å². The number of nitrogens with zero attached hydrogens (tertiary/aromatic N) is 4. The van der Waals surface area contributed by atoms with Crippen LogP contribution < -0.4 is 16.6 Å². The number of carbonyl (C=O) groups is 3. The van der Waals surface area contributed by atoms with E-state index in [9.17, 15) is 63.6 Å². The summed E-state index contributed by atoms with van der Waals surface area (Å²) >= 11 is 0. The summed E-state index contributed by atoms with van der Waals surface area (Å²) < 4.78 is 50.8. The fourth-order valence-electron chi connectivity index (χ4n) is 4.99. The molecule has 2 aromatic rings. The Hall–Kier alpha value is -3.52. The van der Waals surface area contributed by atoms with Crippen LogP contribution in [-0.4, -0.2) is 146 Å². The molecule has 2 aromatic heterocycles. The number of aromatic amines is 1. The summed E-state index contributed by atoms with van der Waals surface area (Å²) in [7, 11) is -11.4. The molecule has 0 aromatic carbocycles. The highest BCUT2D eigenvalue weighted by Gasteiger charge is 2.51. The summed E-state index contributed by atoms with van der Waals surface area (Å²) in [5.74, 6) is -3.17. The molecule has 11 unspecified atom stereocenters. The summed E-state index contributed by atoms with van der Waals surface area (Å²) in [4.78, 5) is 79.1. The lowest BCUT2D eigenvalue weighted by molar-refractivity contribution is -0.248. The molecule has 0 spiro atoms. The molecule has 270 valence electrons. The summed E-state index contributed by atoms with van der Waals surface area (Å²) in [5, 5.41) is 53.3. The van der Waals surface area contributed by atoms with E-state index in [2.05, 4.69) is 23.8 Å². The van der Waals surface area contributed by atoms with Gasteiger partial charge in [-0.15, -0.1) is 0 Å². The molecule has 0 bridgehead atoms. The molecule has 11 N–H and O–H groups in total. The van der Waals surface area contributed by atoms with E-state index in [1.165, 1.54) is 0 Å². The minimum atomic E-state index is -5.81. The number of aromatic nitrogens is 4. The van der Waals surface area contributed by atoms with E-state index in [0.717, 1.165) is 23.0 Å². The van der Waals surface area contributed by atoms with Crippen molar-refractivity contribution in [3.05, 3.63) is 28.8 Å². The maximum absolute atomic E-state index is 12.8. The number of aliphatic hydroxyl groups excluding tert-OH is 5. The number of rotatable bonds is 12. The van der Waals surface area contributed by atoms with E-state index in [1.54, 1.807) is 0 Å². The zero-order valence-electron chi connectivity index (χ0n) is 24.4. The zero-order chi connectivity index (χ0) is 36.0. The Morgan fingerprint density at radius 1 is 1.00 bits per heavy atom. The number of hydrogen-bond donors (Lipinski definition) is 10. The van der Waals surface area contributed by atoms with Crippen molar-refractivity contribution in [2.45, 2.75) is 55.2 Å². The van der Waals surface area contributed by atoms with Crippen LogP contribution in [0.2, 0.25) is 0 Å². The maximum Gasteiger partial charge on any atom is 0.483 e. The number of hydrogen-bond acceptors (Lipinski definition) is 19. The zero-order valence-corrected chi connectivity index (χ0v) is 26.2. The van der Waals surface area contributed by atoms with Gasteiger partial charge in [0.25, 0.3) is 17.4 Å². The lowest BCUT2D eigenvalue weighted by Gasteiger charge is -2.42. The predicted molar refractivity (Wildman–Crippen MR) is 152 cm³/mol. The third-order valence-electron chi connectivity index (χ3n) is 7.32. The smallest absolute Gasteiger partial charge is 0.394 e. The fourth-order valence-corrected chi connectivity index (χ4v) is 7.15. The number of phosphoric acid groups is 2. The summed E-state index contributed by atoms with van der Waals surface area (Å²) in [6.07, 6.45) is -11.8. The summed E-state index contributed by atoms with van der Waals surface area (Å²) in [6.45, 7) is -2.97. The molecular weight excluding hydrogens is 712 g/mol. The first-order chi connectivity index (χ1) is 22.9. The van der Waals surface area contributed by atoms with Crippen LogP contribution in [0.4, 0.5) is 5.95 Å². The minimum Gasteiger partial charge on any atom is -0.394 e. The Kier molecular flexibility index (Phi) is 10.5. The van der Waals surface area contributed by atoms with E-state index in [4.69, 9.17) is 19.7 Å². The van der Waals surface area contributed by atoms with Crippen molar-refractivity contribution in [3.63, 3.8) is 0 Å². The molecule has 25 nitrogen and oxygen atoms in total. The molecule has 3 aliphatic heterocycles. The van der Waals surface area contributed by atoms with E-state index >= 15 is 0 Å². The van der Waals surface area contributed by atoms with Crippen LogP contribution in [0.15, 0.2) is 23.3 Å². The number of phosphoric ester groups is 2. The number of H-pyrrole nitrogens is 1. The Balaban J connectivity index is 1.23.